The molecule has 7 heteroatoms. The second-order valence-corrected chi connectivity index (χ2v) is 5.06. The quantitative estimate of drug-likeness (QED) is 0.750. The zero-order valence-electron chi connectivity index (χ0n) is 13.3. The summed E-state index contributed by atoms with van der Waals surface area (Å²) in [6, 6.07) is 6.51. The highest BCUT2D eigenvalue weighted by molar-refractivity contribution is 5.90. The third kappa shape index (κ3) is 5.61. The highest BCUT2D eigenvalue weighted by Crippen LogP contribution is 2.17. The number of hydrogen-bond acceptors (Lipinski definition) is 5. The van der Waals surface area contributed by atoms with Crippen LogP contribution in [0.15, 0.2) is 24.3 Å². The topological polar surface area (TPSA) is 85.9 Å². The summed E-state index contributed by atoms with van der Waals surface area (Å²) in [5.74, 6) is 0.202. The Hall–Kier alpha value is -2.28. The van der Waals surface area contributed by atoms with Crippen molar-refractivity contribution >= 4 is 17.7 Å². The van der Waals surface area contributed by atoms with Gasteiger partial charge >= 0.3 is 12.0 Å². The van der Waals surface area contributed by atoms with Crippen LogP contribution < -0.4 is 15.4 Å². The minimum Gasteiger partial charge on any atom is -0.497 e. The van der Waals surface area contributed by atoms with E-state index in [-0.39, 0.29) is 13.0 Å². The normalized spacial score (nSPS) is 12.9. The Bertz CT molecular complexity index is 520. The fourth-order valence-corrected chi connectivity index (χ4v) is 1.98. The van der Waals surface area contributed by atoms with Crippen molar-refractivity contribution in [3.05, 3.63) is 24.3 Å². The van der Waals surface area contributed by atoms with E-state index in [2.05, 4.69) is 15.4 Å². The van der Waals surface area contributed by atoms with Crippen LogP contribution in [-0.2, 0) is 14.3 Å². The predicted molar refractivity (Wildman–Crippen MR) is 82.1 cm³/mol. The van der Waals surface area contributed by atoms with Gasteiger partial charge in [0.25, 0.3) is 0 Å². The zero-order chi connectivity index (χ0) is 16.6. The van der Waals surface area contributed by atoms with E-state index in [9.17, 15) is 9.59 Å². The van der Waals surface area contributed by atoms with E-state index in [4.69, 9.17) is 9.47 Å². The summed E-state index contributed by atoms with van der Waals surface area (Å²) in [7, 11) is 4.34. The molecule has 0 radical (unpaired) electrons. The lowest BCUT2D eigenvalue weighted by molar-refractivity contribution is -0.142. The minimum atomic E-state index is -0.870. The highest BCUT2D eigenvalue weighted by atomic mass is 16.5. The number of ether oxygens (including phenoxy) is 3. The molecule has 0 spiro atoms. The second kappa shape index (κ2) is 8.23. The van der Waals surface area contributed by atoms with Crippen LogP contribution in [0, 0.1) is 0 Å². The number of anilines is 1. The van der Waals surface area contributed by atoms with Gasteiger partial charge in [-0.3, -0.25) is 4.79 Å². The number of benzene rings is 1. The largest absolute Gasteiger partial charge is 0.497 e. The summed E-state index contributed by atoms with van der Waals surface area (Å²) >= 11 is 0. The maximum absolute atomic E-state index is 12.1. The molecule has 1 rings (SSSR count). The molecule has 0 aromatic heterocycles. The first-order chi connectivity index (χ1) is 10.4. The molecular weight excluding hydrogens is 288 g/mol. The molecular formula is C15H22N2O5. The molecule has 1 aromatic carbocycles. The summed E-state index contributed by atoms with van der Waals surface area (Å²) in [5, 5.41) is 5.41. The van der Waals surface area contributed by atoms with Gasteiger partial charge in [0.15, 0.2) is 0 Å². The second-order valence-electron chi connectivity index (χ2n) is 5.06. The summed E-state index contributed by atoms with van der Waals surface area (Å²) < 4.78 is 14.8. The third-order valence-electron chi connectivity index (χ3n) is 2.97. The molecule has 7 nitrogen and oxygen atoms in total. The van der Waals surface area contributed by atoms with Crippen LogP contribution in [0.2, 0.25) is 0 Å². The van der Waals surface area contributed by atoms with E-state index in [1.54, 1.807) is 38.3 Å². The van der Waals surface area contributed by atoms with Gasteiger partial charge in [-0.2, -0.15) is 0 Å². The van der Waals surface area contributed by atoms with Crippen molar-refractivity contribution in [3.63, 3.8) is 0 Å². The lowest BCUT2D eigenvalue weighted by atomic mass is 9.99. The molecule has 0 saturated heterocycles. The van der Waals surface area contributed by atoms with Gasteiger partial charge in [0, 0.05) is 18.9 Å². The number of methoxy groups -OCH3 is 3. The van der Waals surface area contributed by atoms with Crippen molar-refractivity contribution < 1.29 is 23.8 Å². The van der Waals surface area contributed by atoms with Crippen molar-refractivity contribution in [3.8, 4) is 5.75 Å². The molecule has 0 aliphatic rings. The third-order valence-corrected chi connectivity index (χ3v) is 2.97. The number of carbonyl (C=O) groups excluding carboxylic acids is 2. The zero-order valence-corrected chi connectivity index (χ0v) is 13.3. The van der Waals surface area contributed by atoms with E-state index in [0.717, 1.165) is 0 Å². The van der Waals surface area contributed by atoms with Gasteiger partial charge in [-0.25, -0.2) is 4.79 Å². The molecule has 0 aliphatic heterocycles. The average Bonchev–Trinajstić information content (AvgIpc) is 2.46. The summed E-state index contributed by atoms with van der Waals surface area (Å²) in [6.07, 6.45) is 0.00285. The minimum absolute atomic E-state index is 0.00285. The first kappa shape index (κ1) is 17.8. The Morgan fingerprint density at radius 3 is 2.55 bits per heavy atom. The molecule has 0 heterocycles. The van der Waals surface area contributed by atoms with Crippen LogP contribution in [0.5, 0.6) is 5.75 Å². The summed E-state index contributed by atoms with van der Waals surface area (Å²) in [5.41, 5.74) is -0.292. The first-order valence-corrected chi connectivity index (χ1v) is 6.71. The number of rotatable bonds is 7. The van der Waals surface area contributed by atoms with Crippen molar-refractivity contribution in [2.45, 2.75) is 18.9 Å². The first-order valence-electron chi connectivity index (χ1n) is 6.71. The molecule has 1 atom stereocenters. The smallest absolute Gasteiger partial charge is 0.319 e. The van der Waals surface area contributed by atoms with Crippen LogP contribution in [0.25, 0.3) is 0 Å². The summed E-state index contributed by atoms with van der Waals surface area (Å²) in [4.78, 5) is 23.6. The van der Waals surface area contributed by atoms with Crippen molar-refractivity contribution in [1.29, 1.82) is 0 Å². The van der Waals surface area contributed by atoms with Crippen LogP contribution in [0.1, 0.15) is 13.3 Å². The van der Waals surface area contributed by atoms with Gasteiger partial charge in [0.1, 0.15) is 5.75 Å². The molecule has 1 aromatic rings. The maximum Gasteiger partial charge on any atom is 0.319 e. The van der Waals surface area contributed by atoms with E-state index in [0.29, 0.717) is 11.4 Å². The SMILES string of the molecule is COC[C@@](C)(CC(=O)OC)NC(=O)Nc1cccc(OC)c1. The number of esters is 1. The molecule has 122 valence electrons. The monoisotopic (exact) mass is 310 g/mol. The molecule has 22 heavy (non-hydrogen) atoms. The van der Waals surface area contributed by atoms with Crippen molar-refractivity contribution in [2.24, 2.45) is 0 Å². The fourth-order valence-electron chi connectivity index (χ4n) is 1.98. The van der Waals surface area contributed by atoms with E-state index < -0.39 is 17.5 Å². The van der Waals surface area contributed by atoms with Gasteiger partial charge in [0.05, 0.1) is 32.8 Å². The number of amides is 2. The molecule has 0 saturated carbocycles. The molecule has 2 N–H and O–H groups in total. The van der Waals surface area contributed by atoms with Crippen molar-refractivity contribution in [1.82, 2.24) is 5.32 Å². The number of nitrogens with one attached hydrogen (secondary N) is 2. The Balaban J connectivity index is 2.71. The Morgan fingerprint density at radius 2 is 1.95 bits per heavy atom. The maximum atomic E-state index is 12.1. The lowest BCUT2D eigenvalue weighted by Gasteiger charge is -2.29. The number of carbonyl (C=O) groups is 2. The lowest BCUT2D eigenvalue weighted by Crippen LogP contribution is -2.52. The van der Waals surface area contributed by atoms with E-state index in [1.165, 1.54) is 14.2 Å². The Kier molecular flexibility index (Phi) is 6.65. The molecule has 2 amide bonds. The Morgan fingerprint density at radius 1 is 1.23 bits per heavy atom. The van der Waals surface area contributed by atoms with Gasteiger partial charge in [-0.1, -0.05) is 6.07 Å². The molecule has 0 unspecified atom stereocenters. The molecule has 0 aliphatic carbocycles. The average molecular weight is 310 g/mol. The highest BCUT2D eigenvalue weighted by Gasteiger charge is 2.30. The summed E-state index contributed by atoms with van der Waals surface area (Å²) in [6.45, 7) is 1.88. The molecule has 0 fully saturated rings. The van der Waals surface area contributed by atoms with Crippen LogP contribution in [0.4, 0.5) is 10.5 Å². The molecule has 0 bridgehead atoms. The van der Waals surface area contributed by atoms with Crippen LogP contribution in [-0.4, -0.2) is 45.5 Å². The van der Waals surface area contributed by atoms with E-state index in [1.807, 2.05) is 0 Å². The number of urea groups is 1. The van der Waals surface area contributed by atoms with E-state index >= 15 is 0 Å². The fraction of sp³-hybridized carbons (Fsp3) is 0.467. The van der Waals surface area contributed by atoms with Gasteiger partial charge in [-0.15, -0.1) is 0 Å². The Labute approximate surface area is 129 Å². The van der Waals surface area contributed by atoms with Gasteiger partial charge < -0.3 is 24.8 Å². The number of hydrogen-bond donors (Lipinski definition) is 2. The van der Waals surface area contributed by atoms with Crippen molar-refractivity contribution in [2.75, 3.05) is 33.3 Å². The predicted octanol–water partition coefficient (Wildman–Crippen LogP) is 1.78. The van der Waals surface area contributed by atoms with Crippen LogP contribution in [0.3, 0.4) is 0 Å². The van der Waals surface area contributed by atoms with Crippen LogP contribution >= 0.6 is 0 Å². The standard InChI is InChI=1S/C15H22N2O5/c1-15(10-20-2,9-13(18)22-4)17-14(19)16-11-6-5-7-12(8-11)21-3/h5-8H,9-10H2,1-4H3,(H2,16,17,19)/t15-/m1/s1. The van der Waals surface area contributed by atoms with Gasteiger partial charge in [0.2, 0.25) is 0 Å². The van der Waals surface area contributed by atoms with Gasteiger partial charge in [-0.05, 0) is 19.1 Å².